The molecule has 1 N–H and O–H groups in total. The number of nitrogens with one attached hydrogen (secondary N) is 1. The third-order valence-corrected chi connectivity index (χ3v) is 4.06. The maximum atomic E-state index is 11.8. The average Bonchev–Trinajstić information content (AvgIpc) is 2.37. The molecule has 0 aliphatic heterocycles. The summed E-state index contributed by atoms with van der Waals surface area (Å²) in [6, 6.07) is 10.7. The van der Waals surface area contributed by atoms with E-state index in [9.17, 15) is 8.42 Å². The van der Waals surface area contributed by atoms with Gasteiger partial charge in [0, 0.05) is 56.2 Å². The van der Waals surface area contributed by atoms with Crippen LogP contribution in [-0.2, 0) is 42.7 Å². The first-order chi connectivity index (χ1) is 8.10. The number of fused-ring (bicyclic) bond motifs is 1. The predicted octanol–water partition coefficient (Wildman–Crippen LogP) is 3.02. The minimum atomic E-state index is -3.55. The zero-order chi connectivity index (χ0) is 12.5. The van der Waals surface area contributed by atoms with Crippen LogP contribution in [0.3, 0.4) is 0 Å². The van der Waals surface area contributed by atoms with E-state index in [1.54, 1.807) is 25.2 Å². The summed E-state index contributed by atoms with van der Waals surface area (Å²) < 4.78 is 27.1. The maximum absolute atomic E-state index is 11.8. The Labute approximate surface area is 139 Å². The Bertz CT molecular complexity index is 657. The van der Waals surface area contributed by atoms with Crippen molar-refractivity contribution in [1.29, 1.82) is 0 Å². The second kappa shape index (κ2) is 7.34. The first kappa shape index (κ1) is 18.5. The molecular weight excluding hydrogens is 337 g/mol. The van der Waals surface area contributed by atoms with Crippen molar-refractivity contribution >= 4 is 26.5 Å². The molecule has 0 atom stereocenters. The van der Waals surface area contributed by atoms with Crippen LogP contribution in [-0.4, -0.2) is 22.5 Å². The van der Waals surface area contributed by atoms with Crippen molar-refractivity contribution in [3.63, 3.8) is 0 Å². The van der Waals surface area contributed by atoms with Crippen LogP contribution >= 0.6 is 0 Å². The van der Waals surface area contributed by atoms with E-state index in [4.69, 9.17) is 0 Å². The van der Waals surface area contributed by atoms with Gasteiger partial charge in [-0.3, -0.25) is 0 Å². The van der Waals surface area contributed by atoms with Crippen LogP contribution in [0.2, 0.25) is 0 Å². The predicted molar refractivity (Wildman–Crippen MR) is 76.4 cm³/mol. The topological polar surface area (TPSA) is 60.3 Å². The summed E-state index contributed by atoms with van der Waals surface area (Å²) >= 11 is 0. The Balaban J connectivity index is 0.00000162. The largest absolute Gasteiger partial charge is 0.547 e. The van der Waals surface area contributed by atoms with E-state index in [-0.39, 0.29) is 45.0 Å². The van der Waals surface area contributed by atoms with Gasteiger partial charge in [0.15, 0.2) is 0 Å². The maximum Gasteiger partial charge on any atom is 0.101 e. The molecule has 101 valence electrons. The Kier molecular flexibility index (Phi) is 7.15. The van der Waals surface area contributed by atoms with Gasteiger partial charge in [-0.2, -0.15) is 7.05 Å². The van der Waals surface area contributed by atoms with Gasteiger partial charge < -0.3 is 17.5 Å². The zero-order valence-electron chi connectivity index (χ0n) is 11.2. The SMILES string of the molecule is C[N-]S(=O)(=O)c1cccc2c(NC)cccc12.[CH3-].[Y]. The van der Waals surface area contributed by atoms with Crippen LogP contribution in [0.15, 0.2) is 41.3 Å². The number of hydrogen-bond donors (Lipinski definition) is 1. The molecule has 0 saturated carbocycles. The molecule has 1 radical (unpaired) electrons. The van der Waals surface area contributed by atoms with Crippen molar-refractivity contribution < 1.29 is 41.1 Å². The van der Waals surface area contributed by atoms with E-state index in [1.165, 1.54) is 7.05 Å². The third kappa shape index (κ3) is 3.54. The van der Waals surface area contributed by atoms with Crippen LogP contribution in [0.5, 0.6) is 0 Å². The standard InChI is InChI=1S/C12H13N2O2S.CH3.Y/c1-13-11-7-3-6-10-9(11)5-4-8-12(10)17(15,16)14-2;;/h3-8,13H,1-2H3;1H3;/q2*-1;. The normalized spacial score (nSPS) is 10.4. The molecule has 0 aliphatic carbocycles. The van der Waals surface area contributed by atoms with Gasteiger partial charge in [-0.05, 0) is 12.1 Å². The number of nitrogens with zero attached hydrogens (tertiary/aromatic N) is 1. The first-order valence-corrected chi connectivity index (χ1v) is 6.60. The van der Waals surface area contributed by atoms with Crippen molar-refractivity contribution in [2.75, 3.05) is 19.4 Å². The smallest absolute Gasteiger partial charge is 0.101 e. The fourth-order valence-electron chi connectivity index (χ4n) is 1.82. The molecule has 0 amide bonds. The van der Waals surface area contributed by atoms with Crippen molar-refractivity contribution in [3.8, 4) is 0 Å². The van der Waals surface area contributed by atoms with Crippen LogP contribution < -0.4 is 5.32 Å². The van der Waals surface area contributed by atoms with Crippen LogP contribution in [0.4, 0.5) is 5.69 Å². The number of rotatable bonds is 3. The van der Waals surface area contributed by atoms with Crippen molar-refractivity contribution in [1.82, 2.24) is 0 Å². The fourth-order valence-corrected chi connectivity index (χ4v) is 2.73. The van der Waals surface area contributed by atoms with Gasteiger partial charge in [0.1, 0.15) is 10.0 Å². The summed E-state index contributed by atoms with van der Waals surface area (Å²) in [7, 11) is -0.459. The van der Waals surface area contributed by atoms with E-state index >= 15 is 0 Å². The van der Waals surface area contributed by atoms with Crippen molar-refractivity contribution in [2.45, 2.75) is 4.90 Å². The molecule has 0 heterocycles. The van der Waals surface area contributed by atoms with Gasteiger partial charge in [-0.15, -0.1) is 0 Å². The van der Waals surface area contributed by atoms with E-state index in [0.29, 0.717) is 5.39 Å². The molecule has 0 unspecified atom stereocenters. The number of benzene rings is 2. The number of sulfonamides is 1. The first-order valence-electron chi connectivity index (χ1n) is 5.16. The molecule has 4 nitrogen and oxygen atoms in total. The third-order valence-electron chi connectivity index (χ3n) is 2.67. The Morgan fingerprint density at radius 2 is 1.63 bits per heavy atom. The van der Waals surface area contributed by atoms with E-state index in [0.717, 1.165) is 11.1 Å². The minimum Gasteiger partial charge on any atom is -0.547 e. The molecule has 2 rings (SSSR count). The molecule has 0 aliphatic rings. The van der Waals surface area contributed by atoms with Gasteiger partial charge in [0.25, 0.3) is 0 Å². The summed E-state index contributed by atoms with van der Waals surface area (Å²) in [4.78, 5) is 0.245. The van der Waals surface area contributed by atoms with E-state index in [1.807, 2.05) is 18.2 Å². The van der Waals surface area contributed by atoms with Crippen molar-refractivity contribution in [3.05, 3.63) is 48.5 Å². The second-order valence-electron chi connectivity index (χ2n) is 3.56. The monoisotopic (exact) mass is 353 g/mol. The van der Waals surface area contributed by atoms with E-state index in [2.05, 4.69) is 10.0 Å². The number of anilines is 1. The Morgan fingerprint density at radius 3 is 2.21 bits per heavy atom. The molecule has 0 fully saturated rings. The summed E-state index contributed by atoms with van der Waals surface area (Å²) in [6.07, 6.45) is 0. The van der Waals surface area contributed by atoms with Gasteiger partial charge in [0.05, 0.1) is 4.90 Å². The molecule has 0 saturated heterocycles. The Hall–Kier alpha value is -0.486. The zero-order valence-corrected chi connectivity index (χ0v) is 14.9. The molecule has 0 spiro atoms. The Morgan fingerprint density at radius 1 is 1.05 bits per heavy atom. The van der Waals surface area contributed by atoms with Crippen LogP contribution in [0.1, 0.15) is 0 Å². The van der Waals surface area contributed by atoms with Crippen LogP contribution in [0, 0.1) is 7.43 Å². The van der Waals surface area contributed by atoms with Gasteiger partial charge >= 0.3 is 0 Å². The van der Waals surface area contributed by atoms with Gasteiger partial charge in [-0.25, -0.2) is 8.42 Å². The summed E-state index contributed by atoms with van der Waals surface area (Å²) in [6.45, 7) is 0. The molecular formula is C13H16N2O2SY-2. The summed E-state index contributed by atoms with van der Waals surface area (Å²) in [5, 5.41) is 4.60. The van der Waals surface area contributed by atoms with Gasteiger partial charge in [0.2, 0.25) is 0 Å². The minimum absolute atomic E-state index is 0. The average molecular weight is 353 g/mol. The molecule has 6 heteroatoms. The quantitative estimate of drug-likeness (QED) is 0.863. The number of hydrogen-bond acceptors (Lipinski definition) is 3. The molecule has 0 aromatic heterocycles. The van der Waals surface area contributed by atoms with Crippen molar-refractivity contribution in [2.24, 2.45) is 0 Å². The molecule has 0 bridgehead atoms. The summed E-state index contributed by atoms with van der Waals surface area (Å²) in [5.41, 5.74) is 0.899. The van der Waals surface area contributed by atoms with E-state index < -0.39 is 10.0 Å². The second-order valence-corrected chi connectivity index (χ2v) is 5.32. The van der Waals surface area contributed by atoms with Crippen LogP contribution in [0.25, 0.3) is 15.5 Å². The molecule has 2 aromatic carbocycles. The van der Waals surface area contributed by atoms with Gasteiger partial charge in [-0.1, -0.05) is 24.3 Å². The summed E-state index contributed by atoms with van der Waals surface area (Å²) in [5.74, 6) is 0. The molecule has 2 aromatic rings. The molecule has 19 heavy (non-hydrogen) atoms. The fraction of sp³-hybridized carbons (Fsp3) is 0.154.